The molecule has 4 rings (SSSR count). The van der Waals surface area contributed by atoms with Gasteiger partial charge in [0.15, 0.2) is 5.78 Å². The van der Waals surface area contributed by atoms with Crippen molar-refractivity contribution in [1.29, 1.82) is 0 Å². The summed E-state index contributed by atoms with van der Waals surface area (Å²) in [4.78, 5) is 28.1. The summed E-state index contributed by atoms with van der Waals surface area (Å²) in [6, 6.07) is 14.5. The van der Waals surface area contributed by atoms with Gasteiger partial charge in [0.25, 0.3) is 0 Å². The summed E-state index contributed by atoms with van der Waals surface area (Å²) >= 11 is 0. The smallest absolute Gasteiger partial charge is 0.416 e. The van der Waals surface area contributed by atoms with Crippen LogP contribution in [-0.4, -0.2) is 26.9 Å². The number of carboxylic acids is 1. The number of hydrogen-bond donors (Lipinski definition) is 2. The Morgan fingerprint density at radius 2 is 1.63 bits per heavy atom. The molecular formula is C26H16F3NO5. The lowest BCUT2D eigenvalue weighted by molar-refractivity contribution is -0.137. The van der Waals surface area contributed by atoms with Gasteiger partial charge in [-0.05, 0) is 48.0 Å². The number of ether oxygens (including phenoxy) is 1. The van der Waals surface area contributed by atoms with Gasteiger partial charge in [-0.3, -0.25) is 9.78 Å². The number of carbonyl (C=O) groups excluding carboxylic acids is 1. The van der Waals surface area contributed by atoms with Crippen LogP contribution in [-0.2, 0) is 11.0 Å². The van der Waals surface area contributed by atoms with E-state index in [0.29, 0.717) is 22.2 Å². The fraction of sp³-hybridized carbons (Fsp3) is 0.0385. The van der Waals surface area contributed by atoms with E-state index in [1.165, 1.54) is 30.5 Å². The Morgan fingerprint density at radius 1 is 0.943 bits per heavy atom. The largest absolute Gasteiger partial charge is 0.508 e. The number of rotatable bonds is 6. The fourth-order valence-corrected chi connectivity index (χ4v) is 3.33. The van der Waals surface area contributed by atoms with Gasteiger partial charge in [-0.1, -0.05) is 24.3 Å². The first-order valence-corrected chi connectivity index (χ1v) is 10.1. The molecule has 0 spiro atoms. The summed E-state index contributed by atoms with van der Waals surface area (Å²) in [5, 5.41) is 18.9. The summed E-state index contributed by atoms with van der Waals surface area (Å²) in [5.74, 6) is -1.32. The quantitative estimate of drug-likeness (QED) is 0.257. The van der Waals surface area contributed by atoms with Crippen molar-refractivity contribution < 1.29 is 37.7 Å². The summed E-state index contributed by atoms with van der Waals surface area (Å²) in [6.07, 6.45) is -0.912. The first-order valence-electron chi connectivity index (χ1n) is 10.1. The van der Waals surface area contributed by atoms with Crippen LogP contribution in [0.15, 0.2) is 79.0 Å². The molecular weight excluding hydrogens is 463 g/mol. The summed E-state index contributed by atoms with van der Waals surface area (Å²) in [7, 11) is 0. The Hall–Kier alpha value is -4.66. The highest BCUT2D eigenvalue weighted by Crippen LogP contribution is 2.36. The van der Waals surface area contributed by atoms with Gasteiger partial charge >= 0.3 is 12.1 Å². The van der Waals surface area contributed by atoms with E-state index in [2.05, 4.69) is 4.98 Å². The maximum atomic E-state index is 13.2. The van der Waals surface area contributed by atoms with E-state index in [1.807, 2.05) is 0 Å². The molecule has 0 fully saturated rings. The van der Waals surface area contributed by atoms with Crippen LogP contribution in [0.25, 0.3) is 17.0 Å². The van der Waals surface area contributed by atoms with Crippen molar-refractivity contribution in [3.8, 4) is 17.2 Å². The number of ketones is 1. The normalized spacial score (nSPS) is 11.6. The number of carbonyl (C=O) groups is 2. The van der Waals surface area contributed by atoms with Crippen LogP contribution in [0, 0.1) is 0 Å². The van der Waals surface area contributed by atoms with E-state index in [4.69, 9.17) is 9.84 Å². The van der Waals surface area contributed by atoms with Crippen LogP contribution in [0.2, 0.25) is 0 Å². The highest BCUT2D eigenvalue weighted by molar-refractivity contribution is 6.13. The molecule has 1 heterocycles. The average Bonchev–Trinajstić information content (AvgIpc) is 2.82. The van der Waals surface area contributed by atoms with Crippen molar-refractivity contribution in [3.05, 3.63) is 101 Å². The number of aliphatic carboxylic acids is 1. The molecule has 0 bridgehead atoms. The molecule has 4 aromatic rings. The van der Waals surface area contributed by atoms with Crippen LogP contribution in [0.3, 0.4) is 0 Å². The summed E-state index contributed by atoms with van der Waals surface area (Å²) in [5.41, 5.74) is 0.0831. The Kier molecular flexibility index (Phi) is 6.24. The molecule has 176 valence electrons. The number of pyridine rings is 1. The molecule has 0 aliphatic heterocycles. The molecule has 35 heavy (non-hydrogen) atoms. The number of fused-ring (bicyclic) bond motifs is 1. The molecule has 0 saturated carbocycles. The number of aromatic nitrogens is 1. The zero-order valence-electron chi connectivity index (χ0n) is 17.8. The second kappa shape index (κ2) is 9.30. The molecule has 9 heteroatoms. The first kappa shape index (κ1) is 23.5. The lowest BCUT2D eigenvalue weighted by Gasteiger charge is -2.14. The second-order valence-corrected chi connectivity index (χ2v) is 7.45. The van der Waals surface area contributed by atoms with Gasteiger partial charge in [0.2, 0.25) is 0 Å². The molecule has 0 unspecified atom stereocenters. The fourth-order valence-electron chi connectivity index (χ4n) is 3.33. The van der Waals surface area contributed by atoms with Crippen molar-refractivity contribution in [3.63, 3.8) is 0 Å². The zero-order valence-corrected chi connectivity index (χ0v) is 17.8. The van der Waals surface area contributed by atoms with Gasteiger partial charge in [0, 0.05) is 29.3 Å². The van der Waals surface area contributed by atoms with Crippen molar-refractivity contribution in [1.82, 2.24) is 4.98 Å². The number of benzene rings is 3. The SMILES string of the molecule is O=C(O)/C=C/c1ccc(Oc2c(C(=O)c3ccc(C(F)(F)F)cc3)cnc3cc(O)ccc23)cc1. The second-order valence-electron chi connectivity index (χ2n) is 7.45. The number of aromatic hydroxyl groups is 1. The minimum absolute atomic E-state index is 0.0111. The molecule has 0 atom stereocenters. The van der Waals surface area contributed by atoms with Crippen molar-refractivity contribution >= 4 is 28.7 Å². The van der Waals surface area contributed by atoms with Gasteiger partial charge in [0.1, 0.15) is 17.2 Å². The molecule has 3 aromatic carbocycles. The molecule has 6 nitrogen and oxygen atoms in total. The number of phenolic OH excluding ortho intramolecular Hbond substituents is 1. The molecule has 0 saturated heterocycles. The topological polar surface area (TPSA) is 96.7 Å². The minimum atomic E-state index is -4.53. The third-order valence-corrected chi connectivity index (χ3v) is 5.04. The molecule has 1 aromatic heterocycles. The predicted octanol–water partition coefficient (Wildman–Crippen LogP) is 6.08. The van der Waals surface area contributed by atoms with Crippen LogP contribution in [0.1, 0.15) is 27.0 Å². The van der Waals surface area contributed by atoms with E-state index >= 15 is 0 Å². The number of phenols is 1. The molecule has 0 amide bonds. The van der Waals surface area contributed by atoms with Crippen LogP contribution >= 0.6 is 0 Å². The van der Waals surface area contributed by atoms with E-state index < -0.39 is 23.5 Å². The van der Waals surface area contributed by atoms with E-state index in [-0.39, 0.29) is 22.6 Å². The van der Waals surface area contributed by atoms with Gasteiger partial charge in [-0.15, -0.1) is 0 Å². The average molecular weight is 479 g/mol. The Morgan fingerprint density at radius 3 is 2.26 bits per heavy atom. The number of nitrogens with zero attached hydrogens (tertiary/aromatic N) is 1. The lowest BCUT2D eigenvalue weighted by atomic mass is 10.0. The third-order valence-electron chi connectivity index (χ3n) is 5.04. The minimum Gasteiger partial charge on any atom is -0.508 e. The van der Waals surface area contributed by atoms with Gasteiger partial charge in [-0.25, -0.2) is 4.79 Å². The Balaban J connectivity index is 1.75. The van der Waals surface area contributed by atoms with E-state index in [1.54, 1.807) is 24.3 Å². The zero-order chi connectivity index (χ0) is 25.2. The van der Waals surface area contributed by atoms with E-state index in [9.17, 15) is 27.9 Å². The monoisotopic (exact) mass is 479 g/mol. The number of alkyl halides is 3. The van der Waals surface area contributed by atoms with Gasteiger partial charge in [-0.2, -0.15) is 13.2 Å². The van der Waals surface area contributed by atoms with Crippen molar-refractivity contribution in [2.75, 3.05) is 0 Å². The van der Waals surface area contributed by atoms with Crippen LogP contribution in [0.4, 0.5) is 13.2 Å². The number of hydrogen-bond acceptors (Lipinski definition) is 5. The van der Waals surface area contributed by atoms with Crippen LogP contribution in [0.5, 0.6) is 17.2 Å². The van der Waals surface area contributed by atoms with Crippen LogP contribution < -0.4 is 4.74 Å². The van der Waals surface area contributed by atoms with Gasteiger partial charge in [0.05, 0.1) is 16.6 Å². The Labute approximate surface area is 196 Å². The molecule has 0 aliphatic carbocycles. The molecule has 2 N–H and O–H groups in total. The number of halogens is 3. The maximum absolute atomic E-state index is 13.2. The number of carboxylic acid groups (broad SMARTS) is 1. The third kappa shape index (κ3) is 5.30. The highest BCUT2D eigenvalue weighted by Gasteiger charge is 2.30. The lowest BCUT2D eigenvalue weighted by Crippen LogP contribution is -2.08. The predicted molar refractivity (Wildman–Crippen MR) is 121 cm³/mol. The Bertz CT molecular complexity index is 1440. The molecule has 0 aliphatic rings. The summed E-state index contributed by atoms with van der Waals surface area (Å²) < 4.78 is 44.7. The summed E-state index contributed by atoms with van der Waals surface area (Å²) in [6.45, 7) is 0. The first-order chi connectivity index (χ1) is 16.6. The van der Waals surface area contributed by atoms with Crippen molar-refractivity contribution in [2.45, 2.75) is 6.18 Å². The maximum Gasteiger partial charge on any atom is 0.416 e. The van der Waals surface area contributed by atoms with Gasteiger partial charge < -0.3 is 14.9 Å². The highest BCUT2D eigenvalue weighted by atomic mass is 19.4. The van der Waals surface area contributed by atoms with E-state index in [0.717, 1.165) is 30.3 Å². The standard InChI is InChI=1S/C26H16F3NO5/c27-26(28,29)17-6-4-16(5-7-17)24(34)21-14-30-22-13-18(31)8-11-20(22)25(21)35-19-9-1-15(2-10-19)3-12-23(32)33/h1-14,31H,(H,32,33)/b12-3+. The van der Waals surface area contributed by atoms with Crippen molar-refractivity contribution in [2.24, 2.45) is 0 Å². The molecule has 0 radical (unpaired) electrons.